The number of aromatic hydroxyl groups is 1. The van der Waals surface area contributed by atoms with Crippen LogP contribution in [0.15, 0.2) is 36.5 Å². The SMILES string of the molecule is Oc1c(Cl)c[nH]c1-c1ccccc1. The van der Waals surface area contributed by atoms with E-state index in [-0.39, 0.29) is 5.75 Å². The Hall–Kier alpha value is -1.41. The zero-order valence-electron chi connectivity index (χ0n) is 6.79. The summed E-state index contributed by atoms with van der Waals surface area (Å²) in [4.78, 5) is 2.91. The minimum Gasteiger partial charge on any atom is -0.504 e. The van der Waals surface area contributed by atoms with Gasteiger partial charge in [-0.15, -0.1) is 0 Å². The molecule has 2 nitrogen and oxygen atoms in total. The predicted octanol–water partition coefficient (Wildman–Crippen LogP) is 3.04. The summed E-state index contributed by atoms with van der Waals surface area (Å²) in [5, 5.41) is 9.87. The number of aromatic amines is 1. The summed E-state index contributed by atoms with van der Waals surface area (Å²) in [5.74, 6) is 0.105. The first-order chi connectivity index (χ1) is 6.29. The highest BCUT2D eigenvalue weighted by Gasteiger charge is 2.08. The minimum atomic E-state index is 0.105. The van der Waals surface area contributed by atoms with Gasteiger partial charge in [0, 0.05) is 11.8 Å². The number of halogens is 1. The van der Waals surface area contributed by atoms with Crippen LogP contribution in [0.4, 0.5) is 0 Å². The van der Waals surface area contributed by atoms with Gasteiger partial charge in [-0.25, -0.2) is 0 Å². The Kier molecular flexibility index (Phi) is 1.99. The summed E-state index contributed by atoms with van der Waals surface area (Å²) in [6, 6.07) is 9.54. The van der Waals surface area contributed by atoms with Crippen LogP contribution in [0.25, 0.3) is 11.3 Å². The van der Waals surface area contributed by atoms with Crippen LogP contribution < -0.4 is 0 Å². The van der Waals surface area contributed by atoms with E-state index in [0.29, 0.717) is 10.7 Å². The van der Waals surface area contributed by atoms with Crippen molar-refractivity contribution in [2.45, 2.75) is 0 Å². The van der Waals surface area contributed by atoms with E-state index in [1.165, 1.54) is 0 Å². The van der Waals surface area contributed by atoms with Crippen molar-refractivity contribution >= 4 is 11.6 Å². The van der Waals surface area contributed by atoms with E-state index in [1.807, 2.05) is 30.3 Å². The van der Waals surface area contributed by atoms with Crippen LogP contribution in [0.1, 0.15) is 0 Å². The van der Waals surface area contributed by atoms with Gasteiger partial charge in [-0.05, 0) is 0 Å². The zero-order valence-corrected chi connectivity index (χ0v) is 7.55. The normalized spacial score (nSPS) is 10.2. The van der Waals surface area contributed by atoms with Crippen molar-refractivity contribution in [2.75, 3.05) is 0 Å². The third kappa shape index (κ3) is 1.40. The Morgan fingerprint density at radius 1 is 1.15 bits per heavy atom. The van der Waals surface area contributed by atoms with Gasteiger partial charge >= 0.3 is 0 Å². The highest BCUT2D eigenvalue weighted by molar-refractivity contribution is 6.32. The molecule has 0 unspecified atom stereocenters. The lowest BCUT2D eigenvalue weighted by atomic mass is 10.1. The van der Waals surface area contributed by atoms with Crippen LogP contribution in [0, 0.1) is 0 Å². The van der Waals surface area contributed by atoms with Gasteiger partial charge in [-0.3, -0.25) is 0 Å². The smallest absolute Gasteiger partial charge is 0.159 e. The number of hydrogen-bond donors (Lipinski definition) is 2. The first kappa shape index (κ1) is 8.20. The fourth-order valence-corrected chi connectivity index (χ4v) is 1.37. The van der Waals surface area contributed by atoms with E-state index < -0.39 is 0 Å². The highest BCUT2D eigenvalue weighted by atomic mass is 35.5. The van der Waals surface area contributed by atoms with E-state index in [2.05, 4.69) is 4.98 Å². The second kappa shape index (κ2) is 3.15. The molecule has 13 heavy (non-hydrogen) atoms. The first-order valence-corrected chi connectivity index (χ1v) is 4.28. The lowest BCUT2D eigenvalue weighted by Crippen LogP contribution is -1.75. The van der Waals surface area contributed by atoms with Gasteiger partial charge in [0.2, 0.25) is 0 Å². The molecule has 3 heteroatoms. The quantitative estimate of drug-likeness (QED) is 0.718. The molecule has 0 atom stereocenters. The number of hydrogen-bond acceptors (Lipinski definition) is 1. The molecule has 1 aromatic carbocycles. The van der Waals surface area contributed by atoms with Crippen molar-refractivity contribution in [3.63, 3.8) is 0 Å². The Bertz CT molecular complexity index is 408. The standard InChI is InChI=1S/C10H8ClNO/c11-8-6-12-9(10(8)13)7-4-2-1-3-5-7/h1-6,12-13H. The summed E-state index contributed by atoms with van der Waals surface area (Å²) in [6.45, 7) is 0. The average molecular weight is 194 g/mol. The molecule has 0 bridgehead atoms. The van der Waals surface area contributed by atoms with Crippen LogP contribution in [-0.4, -0.2) is 10.1 Å². The van der Waals surface area contributed by atoms with Gasteiger partial charge < -0.3 is 10.1 Å². The van der Waals surface area contributed by atoms with Gasteiger partial charge in [0.1, 0.15) is 5.02 Å². The van der Waals surface area contributed by atoms with Crippen molar-refractivity contribution in [3.8, 4) is 17.0 Å². The third-order valence-corrected chi connectivity index (χ3v) is 2.16. The molecule has 0 fully saturated rings. The minimum absolute atomic E-state index is 0.105. The molecule has 66 valence electrons. The maximum absolute atomic E-state index is 9.53. The van der Waals surface area contributed by atoms with Crippen LogP contribution in [-0.2, 0) is 0 Å². The molecule has 0 saturated heterocycles. The van der Waals surface area contributed by atoms with Crippen molar-refractivity contribution < 1.29 is 5.11 Å². The summed E-state index contributed by atoms with van der Waals surface area (Å²) < 4.78 is 0. The number of aromatic nitrogens is 1. The van der Waals surface area contributed by atoms with Crippen LogP contribution in [0.3, 0.4) is 0 Å². The van der Waals surface area contributed by atoms with Crippen LogP contribution >= 0.6 is 11.6 Å². The van der Waals surface area contributed by atoms with E-state index in [0.717, 1.165) is 5.56 Å². The monoisotopic (exact) mass is 193 g/mol. The number of rotatable bonds is 1. The largest absolute Gasteiger partial charge is 0.504 e. The second-order valence-corrected chi connectivity index (χ2v) is 3.13. The van der Waals surface area contributed by atoms with E-state index >= 15 is 0 Å². The van der Waals surface area contributed by atoms with Gasteiger partial charge in [-0.1, -0.05) is 41.9 Å². The molecule has 2 N–H and O–H groups in total. The molecule has 1 heterocycles. The maximum atomic E-state index is 9.53. The van der Waals surface area contributed by atoms with Crippen molar-refractivity contribution in [3.05, 3.63) is 41.6 Å². The Morgan fingerprint density at radius 3 is 2.38 bits per heavy atom. The van der Waals surface area contributed by atoms with Gasteiger partial charge in [0.05, 0.1) is 5.69 Å². The molecule has 0 aliphatic rings. The molecule has 0 radical (unpaired) electrons. The molecule has 0 spiro atoms. The number of nitrogens with one attached hydrogen (secondary N) is 1. The maximum Gasteiger partial charge on any atom is 0.159 e. The fraction of sp³-hybridized carbons (Fsp3) is 0. The summed E-state index contributed by atoms with van der Waals surface area (Å²) in [6.07, 6.45) is 1.57. The molecule has 0 aliphatic carbocycles. The molecule has 2 rings (SSSR count). The van der Waals surface area contributed by atoms with E-state index in [9.17, 15) is 5.11 Å². The number of benzene rings is 1. The van der Waals surface area contributed by atoms with E-state index in [4.69, 9.17) is 11.6 Å². The first-order valence-electron chi connectivity index (χ1n) is 3.90. The second-order valence-electron chi connectivity index (χ2n) is 2.73. The van der Waals surface area contributed by atoms with Crippen molar-refractivity contribution in [1.82, 2.24) is 4.98 Å². The molecular weight excluding hydrogens is 186 g/mol. The summed E-state index contributed by atoms with van der Waals surface area (Å²) in [5.41, 5.74) is 1.58. The van der Waals surface area contributed by atoms with E-state index in [1.54, 1.807) is 6.20 Å². The molecule has 0 saturated carbocycles. The van der Waals surface area contributed by atoms with Gasteiger partial charge in [0.25, 0.3) is 0 Å². The Labute approximate surface area is 80.8 Å². The van der Waals surface area contributed by atoms with Crippen molar-refractivity contribution in [1.29, 1.82) is 0 Å². The lowest BCUT2D eigenvalue weighted by molar-refractivity contribution is 0.478. The Morgan fingerprint density at radius 2 is 1.85 bits per heavy atom. The van der Waals surface area contributed by atoms with Crippen molar-refractivity contribution in [2.24, 2.45) is 0 Å². The van der Waals surface area contributed by atoms with Gasteiger partial charge in [-0.2, -0.15) is 0 Å². The number of H-pyrrole nitrogens is 1. The topological polar surface area (TPSA) is 36.0 Å². The Balaban J connectivity index is 2.53. The molecule has 1 aromatic heterocycles. The molecule has 2 aromatic rings. The fourth-order valence-electron chi connectivity index (χ4n) is 1.22. The summed E-state index contributed by atoms with van der Waals surface area (Å²) >= 11 is 5.70. The van der Waals surface area contributed by atoms with Gasteiger partial charge in [0.15, 0.2) is 5.75 Å². The highest BCUT2D eigenvalue weighted by Crippen LogP contribution is 2.33. The zero-order chi connectivity index (χ0) is 9.26. The molecular formula is C10H8ClNO. The molecule has 0 amide bonds. The average Bonchev–Trinajstić information content (AvgIpc) is 2.49. The molecule has 0 aliphatic heterocycles. The third-order valence-electron chi connectivity index (χ3n) is 1.87. The summed E-state index contributed by atoms with van der Waals surface area (Å²) in [7, 11) is 0. The lowest BCUT2D eigenvalue weighted by Gasteiger charge is -1.97. The predicted molar refractivity (Wildman–Crippen MR) is 52.9 cm³/mol. The van der Waals surface area contributed by atoms with Crippen LogP contribution in [0.5, 0.6) is 5.75 Å². The van der Waals surface area contributed by atoms with Crippen LogP contribution in [0.2, 0.25) is 5.02 Å².